The molecule has 1 heterocycles. The van der Waals surface area contributed by atoms with E-state index in [1.165, 1.54) is 51.4 Å². The second-order valence-electron chi connectivity index (χ2n) is 13.0. The van der Waals surface area contributed by atoms with Crippen LogP contribution in [0.5, 0.6) is 0 Å². The monoisotopic (exact) mass is 649 g/mol. The fourth-order valence-electron chi connectivity index (χ4n) is 5.79. The lowest BCUT2D eigenvalue weighted by Crippen LogP contribution is -2.60. The summed E-state index contributed by atoms with van der Waals surface area (Å²) in [4.78, 5) is 12.9. The third kappa shape index (κ3) is 17.7. The Morgan fingerprint density at radius 3 is 1.64 bits per heavy atom. The molecule has 8 N–H and O–H groups in total. The Hall–Kier alpha value is -0.890. The molecule has 1 aliphatic rings. The van der Waals surface area contributed by atoms with E-state index in [0.717, 1.165) is 51.4 Å². The highest BCUT2D eigenvalue weighted by molar-refractivity contribution is 5.80. The lowest BCUT2D eigenvalue weighted by Gasteiger charge is -2.40. The van der Waals surface area contributed by atoms with Gasteiger partial charge in [0, 0.05) is 0 Å². The Kier molecular flexibility index (Phi) is 24.4. The van der Waals surface area contributed by atoms with Crippen LogP contribution in [-0.4, -0.2) is 110 Å². The number of aliphatic hydroxyl groups excluding tert-OH is 7. The second kappa shape index (κ2) is 26.1. The van der Waals surface area contributed by atoms with Crippen molar-refractivity contribution in [3.05, 3.63) is 0 Å². The first-order valence-electron chi connectivity index (χ1n) is 17.9. The highest BCUT2D eigenvalue weighted by atomic mass is 16.7. The first-order chi connectivity index (χ1) is 21.7. The summed E-state index contributed by atoms with van der Waals surface area (Å²) in [5.41, 5.74) is 0. The highest BCUT2D eigenvalue weighted by Gasteiger charge is 2.44. The van der Waals surface area contributed by atoms with E-state index in [2.05, 4.69) is 19.2 Å². The highest BCUT2D eigenvalue weighted by Crippen LogP contribution is 2.23. The Bertz CT molecular complexity index is 714. The van der Waals surface area contributed by atoms with Crippen LogP contribution in [0.25, 0.3) is 0 Å². The molecule has 11 heteroatoms. The number of nitrogens with one attached hydrogen (secondary N) is 1. The van der Waals surface area contributed by atoms with Crippen molar-refractivity contribution in [3.63, 3.8) is 0 Å². The van der Waals surface area contributed by atoms with Gasteiger partial charge in [0.05, 0.1) is 25.4 Å². The number of amides is 1. The molecule has 1 aliphatic heterocycles. The first kappa shape index (κ1) is 42.1. The van der Waals surface area contributed by atoms with E-state index in [1.807, 2.05) is 0 Å². The lowest BCUT2D eigenvalue weighted by molar-refractivity contribution is -0.303. The van der Waals surface area contributed by atoms with Gasteiger partial charge in [-0.25, -0.2) is 0 Å². The molecule has 0 aromatic carbocycles. The normalized spacial score (nSPS) is 24.7. The van der Waals surface area contributed by atoms with Gasteiger partial charge >= 0.3 is 0 Å². The molecule has 1 rings (SSSR count). The molecule has 268 valence electrons. The number of hydrogen-bond donors (Lipinski definition) is 8. The fraction of sp³-hybridized carbons (Fsp3) is 0.971. The average Bonchev–Trinajstić information content (AvgIpc) is 3.04. The van der Waals surface area contributed by atoms with Gasteiger partial charge in [-0.3, -0.25) is 4.79 Å². The minimum absolute atomic E-state index is 0.264. The van der Waals surface area contributed by atoms with Crippen LogP contribution in [0.1, 0.15) is 142 Å². The number of carbonyl (C=O) groups excluding carboxylic acids is 1. The first-order valence-corrected chi connectivity index (χ1v) is 17.9. The van der Waals surface area contributed by atoms with E-state index in [-0.39, 0.29) is 6.42 Å². The van der Waals surface area contributed by atoms with Crippen LogP contribution in [0.3, 0.4) is 0 Å². The number of rotatable bonds is 28. The third-order valence-electron chi connectivity index (χ3n) is 8.91. The molecule has 0 bridgehead atoms. The van der Waals surface area contributed by atoms with Crippen molar-refractivity contribution in [2.45, 2.75) is 197 Å². The number of ether oxygens (including phenoxy) is 2. The van der Waals surface area contributed by atoms with Crippen molar-refractivity contribution in [1.82, 2.24) is 5.32 Å². The number of unbranched alkanes of at least 4 members (excludes halogenated alkanes) is 16. The molecule has 0 aromatic heterocycles. The largest absolute Gasteiger partial charge is 0.394 e. The van der Waals surface area contributed by atoms with Crippen molar-refractivity contribution in [2.24, 2.45) is 0 Å². The van der Waals surface area contributed by atoms with E-state index in [9.17, 15) is 40.5 Å². The van der Waals surface area contributed by atoms with Crippen LogP contribution in [0.2, 0.25) is 0 Å². The van der Waals surface area contributed by atoms with Crippen LogP contribution < -0.4 is 5.32 Å². The van der Waals surface area contributed by atoms with E-state index in [0.29, 0.717) is 19.3 Å². The summed E-state index contributed by atoms with van der Waals surface area (Å²) in [7, 11) is 0. The molecule has 1 amide bonds. The Morgan fingerprint density at radius 2 is 1.16 bits per heavy atom. The zero-order chi connectivity index (χ0) is 33.5. The molecule has 0 saturated carbocycles. The number of aliphatic hydroxyl groups is 7. The summed E-state index contributed by atoms with van der Waals surface area (Å²) < 4.78 is 11.0. The van der Waals surface area contributed by atoms with Gasteiger partial charge in [0.1, 0.15) is 36.6 Å². The van der Waals surface area contributed by atoms with Crippen LogP contribution in [0.4, 0.5) is 0 Å². The topological polar surface area (TPSA) is 189 Å². The zero-order valence-corrected chi connectivity index (χ0v) is 28.1. The molecule has 0 aliphatic carbocycles. The summed E-state index contributed by atoms with van der Waals surface area (Å²) in [6.45, 7) is 3.31. The van der Waals surface area contributed by atoms with Crippen molar-refractivity contribution >= 4 is 5.91 Å². The molecule has 0 aromatic rings. The quantitative estimate of drug-likeness (QED) is 0.0585. The predicted molar refractivity (Wildman–Crippen MR) is 173 cm³/mol. The maximum Gasteiger partial charge on any atom is 0.249 e. The van der Waals surface area contributed by atoms with Gasteiger partial charge in [-0.05, 0) is 12.8 Å². The van der Waals surface area contributed by atoms with Crippen LogP contribution in [0, 0.1) is 0 Å². The minimum Gasteiger partial charge on any atom is -0.394 e. The van der Waals surface area contributed by atoms with Crippen molar-refractivity contribution < 1.29 is 50.0 Å². The molecule has 1 fully saturated rings. The molecule has 1 saturated heterocycles. The number of hydrogen-bond acceptors (Lipinski definition) is 10. The van der Waals surface area contributed by atoms with Gasteiger partial charge in [0.25, 0.3) is 0 Å². The van der Waals surface area contributed by atoms with Crippen molar-refractivity contribution in [2.75, 3.05) is 13.2 Å². The summed E-state index contributed by atoms with van der Waals surface area (Å²) in [6, 6.07) is -1.16. The average molecular weight is 650 g/mol. The number of carbonyl (C=O) groups is 1. The molecule has 0 radical (unpaired) electrons. The smallest absolute Gasteiger partial charge is 0.249 e. The van der Waals surface area contributed by atoms with Gasteiger partial charge in [-0.1, -0.05) is 129 Å². The van der Waals surface area contributed by atoms with Gasteiger partial charge in [-0.2, -0.15) is 0 Å². The minimum atomic E-state index is -1.65. The molecule has 11 nitrogen and oxygen atoms in total. The van der Waals surface area contributed by atoms with Gasteiger partial charge in [-0.15, -0.1) is 0 Å². The van der Waals surface area contributed by atoms with E-state index in [4.69, 9.17) is 9.47 Å². The Labute approximate surface area is 271 Å². The van der Waals surface area contributed by atoms with Crippen molar-refractivity contribution in [1.29, 1.82) is 0 Å². The van der Waals surface area contributed by atoms with E-state index >= 15 is 0 Å². The maximum absolute atomic E-state index is 12.9. The Balaban J connectivity index is 2.57. The van der Waals surface area contributed by atoms with Crippen LogP contribution >= 0.6 is 0 Å². The summed E-state index contributed by atoms with van der Waals surface area (Å²) in [6.07, 6.45) is 9.22. The molecule has 9 unspecified atom stereocenters. The maximum atomic E-state index is 12.9. The standard InChI is InChI=1S/C34H67NO10/c1-3-5-7-9-11-12-13-14-15-16-18-20-22-27(38)33(43)35-25(29(39)26(37)21-19-17-10-8-6-4-2)24-44-34-32(42)31(41)30(40)28(23-36)45-34/h25-32,34,36-42H,3-24H2,1-2H3,(H,35,43). The summed E-state index contributed by atoms with van der Waals surface area (Å²) >= 11 is 0. The Morgan fingerprint density at radius 1 is 0.689 bits per heavy atom. The van der Waals surface area contributed by atoms with E-state index < -0.39 is 74.2 Å². The lowest BCUT2D eigenvalue weighted by atomic mass is 9.98. The van der Waals surface area contributed by atoms with Crippen LogP contribution in [-0.2, 0) is 14.3 Å². The molecule has 0 spiro atoms. The van der Waals surface area contributed by atoms with E-state index in [1.54, 1.807) is 0 Å². The van der Waals surface area contributed by atoms with Gasteiger partial charge in [0.15, 0.2) is 6.29 Å². The SMILES string of the molecule is CCCCCCCCCCCCCCC(O)C(=O)NC(COC1OC(CO)C(O)C(O)C1O)C(O)C(O)CCCCCCCC. The summed E-state index contributed by atoms with van der Waals surface area (Å²) in [5.74, 6) is -0.703. The third-order valence-corrected chi connectivity index (χ3v) is 8.91. The second-order valence-corrected chi connectivity index (χ2v) is 13.0. The van der Waals surface area contributed by atoms with Gasteiger partial charge in [0.2, 0.25) is 5.91 Å². The van der Waals surface area contributed by atoms with Gasteiger partial charge < -0.3 is 50.5 Å². The van der Waals surface area contributed by atoms with Crippen molar-refractivity contribution in [3.8, 4) is 0 Å². The predicted octanol–water partition coefficient (Wildman–Crippen LogP) is 3.21. The molecular weight excluding hydrogens is 582 g/mol. The fourth-order valence-corrected chi connectivity index (χ4v) is 5.79. The molecular formula is C34H67NO10. The zero-order valence-electron chi connectivity index (χ0n) is 28.1. The van der Waals surface area contributed by atoms with Crippen LogP contribution in [0.15, 0.2) is 0 Å². The molecule has 9 atom stereocenters. The summed E-state index contributed by atoms with van der Waals surface area (Å²) in [5, 5.41) is 74.6. The molecule has 45 heavy (non-hydrogen) atoms.